The summed E-state index contributed by atoms with van der Waals surface area (Å²) in [6.07, 6.45) is 9.84. The van der Waals surface area contributed by atoms with E-state index in [4.69, 9.17) is 4.74 Å². The van der Waals surface area contributed by atoms with Crippen LogP contribution in [0.2, 0.25) is 0 Å². The summed E-state index contributed by atoms with van der Waals surface area (Å²) in [5, 5.41) is 5.39. The van der Waals surface area contributed by atoms with Gasteiger partial charge in [-0.1, -0.05) is 18.6 Å². The van der Waals surface area contributed by atoms with Crippen LogP contribution in [0.4, 0.5) is 0 Å². The molecule has 1 aliphatic carbocycles. The van der Waals surface area contributed by atoms with E-state index in [1.54, 1.807) is 0 Å². The van der Waals surface area contributed by atoms with E-state index in [0.717, 1.165) is 29.8 Å². The third-order valence-electron chi connectivity index (χ3n) is 3.85. The first kappa shape index (κ1) is 12.3. The summed E-state index contributed by atoms with van der Waals surface area (Å²) in [7, 11) is 0. The summed E-state index contributed by atoms with van der Waals surface area (Å²) in [4.78, 5) is 12.1. The second-order valence-corrected chi connectivity index (χ2v) is 5.27. The van der Waals surface area contributed by atoms with Crippen molar-refractivity contribution in [3.05, 3.63) is 34.2 Å². The summed E-state index contributed by atoms with van der Waals surface area (Å²) >= 11 is 0. The maximum absolute atomic E-state index is 12.1. The Labute approximate surface area is 113 Å². The molecule has 0 spiro atoms. The summed E-state index contributed by atoms with van der Waals surface area (Å²) in [6, 6.07) is 5.74. The highest BCUT2D eigenvalue weighted by Crippen LogP contribution is 2.21. The number of hydrogen-bond donors (Lipinski definition) is 1. The van der Waals surface area contributed by atoms with Gasteiger partial charge in [-0.25, -0.2) is 4.79 Å². The molecule has 1 heterocycles. The van der Waals surface area contributed by atoms with Gasteiger partial charge < -0.3 is 10.1 Å². The van der Waals surface area contributed by atoms with Gasteiger partial charge >= 0.3 is 5.97 Å². The van der Waals surface area contributed by atoms with Gasteiger partial charge in [-0.05, 0) is 48.3 Å². The number of fused-ring (bicyclic) bond motifs is 1. The van der Waals surface area contributed by atoms with Crippen LogP contribution in [0.25, 0.3) is 12.3 Å². The molecule has 3 nitrogen and oxygen atoms in total. The van der Waals surface area contributed by atoms with Crippen LogP contribution >= 0.6 is 0 Å². The lowest BCUT2D eigenvalue weighted by molar-refractivity contribution is 0.0211. The largest absolute Gasteiger partial charge is 0.459 e. The normalized spacial score (nSPS) is 18.5. The summed E-state index contributed by atoms with van der Waals surface area (Å²) in [5.74, 6) is -0.179. The zero-order valence-corrected chi connectivity index (χ0v) is 11.0. The third-order valence-corrected chi connectivity index (χ3v) is 3.85. The molecule has 0 saturated heterocycles. The van der Waals surface area contributed by atoms with Crippen LogP contribution in [-0.4, -0.2) is 18.6 Å². The molecule has 0 amide bonds. The van der Waals surface area contributed by atoms with Crippen molar-refractivity contribution < 1.29 is 9.53 Å². The molecule has 0 radical (unpaired) electrons. The van der Waals surface area contributed by atoms with Gasteiger partial charge in [-0.2, -0.15) is 0 Å². The molecule has 1 aliphatic heterocycles. The lowest BCUT2D eigenvalue weighted by Gasteiger charge is -2.21. The van der Waals surface area contributed by atoms with Gasteiger partial charge in [0, 0.05) is 12.7 Å². The number of hydrogen-bond acceptors (Lipinski definition) is 3. The molecule has 0 atom stereocenters. The quantitative estimate of drug-likeness (QED) is 0.812. The molecule has 3 heteroatoms. The van der Waals surface area contributed by atoms with Crippen LogP contribution in [0.5, 0.6) is 0 Å². The number of carbonyl (C=O) groups is 1. The van der Waals surface area contributed by atoms with Crippen LogP contribution in [0.15, 0.2) is 18.2 Å². The molecule has 1 fully saturated rings. The van der Waals surface area contributed by atoms with E-state index in [2.05, 4.69) is 11.4 Å². The van der Waals surface area contributed by atoms with E-state index in [-0.39, 0.29) is 12.1 Å². The third kappa shape index (κ3) is 2.80. The highest BCUT2D eigenvalue weighted by molar-refractivity contribution is 5.89. The molecule has 2 aliphatic rings. The first-order valence-electron chi connectivity index (χ1n) is 7.08. The van der Waals surface area contributed by atoms with E-state index in [9.17, 15) is 4.79 Å². The van der Waals surface area contributed by atoms with Crippen LogP contribution in [0.3, 0.4) is 0 Å². The molecule has 19 heavy (non-hydrogen) atoms. The van der Waals surface area contributed by atoms with Crippen molar-refractivity contribution in [1.82, 2.24) is 5.32 Å². The van der Waals surface area contributed by atoms with E-state index < -0.39 is 0 Å². The molecule has 1 N–H and O–H groups in total. The Kier molecular flexibility index (Phi) is 3.53. The van der Waals surface area contributed by atoms with Crippen molar-refractivity contribution in [1.29, 1.82) is 0 Å². The molecule has 1 aromatic carbocycles. The van der Waals surface area contributed by atoms with Gasteiger partial charge in [0.15, 0.2) is 0 Å². The van der Waals surface area contributed by atoms with Gasteiger partial charge in [0.2, 0.25) is 0 Å². The zero-order chi connectivity index (χ0) is 13.1. The predicted molar refractivity (Wildman–Crippen MR) is 74.9 cm³/mol. The number of carbonyl (C=O) groups excluding carboxylic acids is 1. The van der Waals surface area contributed by atoms with Crippen molar-refractivity contribution in [2.45, 2.75) is 38.2 Å². The maximum Gasteiger partial charge on any atom is 0.338 e. The monoisotopic (exact) mass is 257 g/mol. The fourth-order valence-electron chi connectivity index (χ4n) is 2.75. The second kappa shape index (κ2) is 5.47. The van der Waals surface area contributed by atoms with Crippen molar-refractivity contribution in [3.8, 4) is 0 Å². The Hall–Kier alpha value is -1.77. The fraction of sp³-hybridized carbons (Fsp3) is 0.438. The average molecular weight is 257 g/mol. The molecule has 3 rings (SSSR count). The smallest absolute Gasteiger partial charge is 0.338 e. The Bertz CT molecular complexity index is 585. The average Bonchev–Trinajstić information content (AvgIpc) is 2.48. The zero-order valence-electron chi connectivity index (χ0n) is 11.0. The highest BCUT2D eigenvalue weighted by atomic mass is 16.5. The number of esters is 1. The number of rotatable bonds is 2. The summed E-state index contributed by atoms with van der Waals surface area (Å²) < 4.78 is 5.59. The molecular formula is C16H19NO2. The number of nitrogens with one attached hydrogen (secondary N) is 1. The molecule has 100 valence electrons. The van der Waals surface area contributed by atoms with Crippen molar-refractivity contribution >= 4 is 18.2 Å². The van der Waals surface area contributed by atoms with E-state index in [1.807, 2.05) is 24.4 Å². The molecule has 0 bridgehead atoms. The van der Waals surface area contributed by atoms with Gasteiger partial charge in [0.1, 0.15) is 6.10 Å². The van der Waals surface area contributed by atoms with Crippen molar-refractivity contribution in [3.63, 3.8) is 0 Å². The van der Waals surface area contributed by atoms with Crippen LogP contribution in [-0.2, 0) is 4.74 Å². The van der Waals surface area contributed by atoms with Gasteiger partial charge in [0.05, 0.1) is 5.56 Å². The van der Waals surface area contributed by atoms with Crippen LogP contribution in [0, 0.1) is 0 Å². The van der Waals surface area contributed by atoms with E-state index in [0.29, 0.717) is 5.56 Å². The van der Waals surface area contributed by atoms with Gasteiger partial charge in [-0.15, -0.1) is 0 Å². The summed E-state index contributed by atoms with van der Waals surface area (Å²) in [6.45, 7) is 0.814. The minimum atomic E-state index is -0.179. The van der Waals surface area contributed by atoms with E-state index >= 15 is 0 Å². The van der Waals surface area contributed by atoms with E-state index in [1.165, 1.54) is 19.3 Å². The molecule has 1 aromatic rings. The topological polar surface area (TPSA) is 38.3 Å². The molecular weight excluding hydrogens is 238 g/mol. The number of ether oxygens (including phenoxy) is 1. The van der Waals surface area contributed by atoms with Crippen molar-refractivity contribution in [2.24, 2.45) is 0 Å². The van der Waals surface area contributed by atoms with Crippen LogP contribution in [0.1, 0.15) is 42.5 Å². The van der Waals surface area contributed by atoms with Crippen LogP contribution < -0.4 is 15.8 Å². The van der Waals surface area contributed by atoms with Gasteiger partial charge in [0.25, 0.3) is 0 Å². The van der Waals surface area contributed by atoms with Crippen molar-refractivity contribution in [2.75, 3.05) is 6.54 Å². The summed E-state index contributed by atoms with van der Waals surface area (Å²) in [5.41, 5.74) is 0.663. The first-order valence-corrected chi connectivity index (χ1v) is 7.08. The Morgan fingerprint density at radius 1 is 1.16 bits per heavy atom. The predicted octanol–water partition coefficient (Wildman–Crippen LogP) is 1.30. The lowest BCUT2D eigenvalue weighted by Crippen LogP contribution is -2.33. The molecule has 0 aromatic heterocycles. The molecule has 1 saturated carbocycles. The fourth-order valence-corrected chi connectivity index (χ4v) is 2.75. The Morgan fingerprint density at radius 3 is 2.84 bits per heavy atom. The van der Waals surface area contributed by atoms with Gasteiger partial charge in [-0.3, -0.25) is 0 Å². The minimum Gasteiger partial charge on any atom is -0.459 e. The highest BCUT2D eigenvalue weighted by Gasteiger charge is 2.18. The standard InChI is InChI=1S/C16H19NO2/c18-16(19-15-4-2-1-3-5-15)13-6-7-14-11-17-9-8-12(14)10-13/h6-8,10-11,15,17H,1-5,9H2. The Morgan fingerprint density at radius 2 is 2.00 bits per heavy atom. The lowest BCUT2D eigenvalue weighted by atomic mass is 9.98. The maximum atomic E-state index is 12.1. The second-order valence-electron chi connectivity index (χ2n) is 5.27. The number of benzene rings is 1. The SMILES string of the molecule is O=C(OC1CCCCC1)c1ccc2c(c1)=CCNC=2. The molecule has 0 unspecified atom stereocenters. The Balaban J connectivity index is 1.76. The minimum absolute atomic E-state index is 0.120. The first-order chi connectivity index (χ1) is 9.33.